The summed E-state index contributed by atoms with van der Waals surface area (Å²) in [6.07, 6.45) is 7.48. The van der Waals surface area contributed by atoms with Gasteiger partial charge in [-0.3, -0.25) is 0 Å². The predicted octanol–water partition coefficient (Wildman–Crippen LogP) is 2.80. The lowest BCUT2D eigenvalue weighted by Crippen LogP contribution is -2.49. The summed E-state index contributed by atoms with van der Waals surface area (Å²) in [5, 5.41) is 0. The van der Waals surface area contributed by atoms with Crippen molar-refractivity contribution in [2.24, 2.45) is 5.92 Å². The van der Waals surface area contributed by atoms with E-state index in [1.54, 1.807) is 0 Å². The Labute approximate surface area is 91.8 Å². The van der Waals surface area contributed by atoms with Gasteiger partial charge in [-0.25, -0.2) is 4.79 Å². The van der Waals surface area contributed by atoms with Gasteiger partial charge in [0, 0.05) is 12.6 Å². The molecule has 2 aliphatic rings. The van der Waals surface area contributed by atoms with Gasteiger partial charge in [0.05, 0.1) is 6.61 Å². The second kappa shape index (κ2) is 4.86. The summed E-state index contributed by atoms with van der Waals surface area (Å²) >= 11 is 0. The highest BCUT2D eigenvalue weighted by atomic mass is 16.6. The van der Waals surface area contributed by atoms with E-state index in [1.807, 2.05) is 11.8 Å². The molecule has 1 saturated heterocycles. The first kappa shape index (κ1) is 10.8. The fourth-order valence-electron chi connectivity index (χ4n) is 3.06. The maximum Gasteiger partial charge on any atom is 0.410 e. The number of rotatable bonds is 1. The van der Waals surface area contributed by atoms with E-state index in [1.165, 1.54) is 32.1 Å². The molecule has 0 spiro atoms. The monoisotopic (exact) mass is 211 g/mol. The highest BCUT2D eigenvalue weighted by Gasteiger charge is 2.36. The Balaban J connectivity index is 2.00. The van der Waals surface area contributed by atoms with E-state index in [0.717, 1.165) is 18.9 Å². The number of hydrogen-bond donors (Lipinski definition) is 0. The number of nitrogens with zero attached hydrogens (tertiary/aromatic N) is 1. The summed E-state index contributed by atoms with van der Waals surface area (Å²) in [5.74, 6) is 0.747. The molecule has 2 fully saturated rings. The zero-order valence-electron chi connectivity index (χ0n) is 9.58. The minimum atomic E-state index is -0.0888. The highest BCUT2D eigenvalue weighted by Crippen LogP contribution is 2.35. The van der Waals surface area contributed by atoms with Crippen molar-refractivity contribution in [1.29, 1.82) is 0 Å². The third-order valence-corrected chi connectivity index (χ3v) is 3.75. The van der Waals surface area contributed by atoms with Gasteiger partial charge in [-0.15, -0.1) is 0 Å². The molecule has 1 amide bonds. The summed E-state index contributed by atoms with van der Waals surface area (Å²) in [4.78, 5) is 13.7. The second-order valence-corrected chi connectivity index (χ2v) is 4.65. The Kier molecular flexibility index (Phi) is 3.49. The summed E-state index contributed by atoms with van der Waals surface area (Å²) < 4.78 is 5.12. The number of carbonyl (C=O) groups excluding carboxylic acids is 1. The molecule has 15 heavy (non-hydrogen) atoms. The number of piperidine rings is 1. The van der Waals surface area contributed by atoms with Crippen LogP contribution in [0.3, 0.4) is 0 Å². The smallest absolute Gasteiger partial charge is 0.410 e. The van der Waals surface area contributed by atoms with Crippen molar-refractivity contribution in [2.75, 3.05) is 13.2 Å². The minimum absolute atomic E-state index is 0.0888. The molecule has 0 aromatic rings. The van der Waals surface area contributed by atoms with Crippen LogP contribution < -0.4 is 0 Å². The van der Waals surface area contributed by atoms with E-state index in [2.05, 4.69) is 0 Å². The molecular weight excluding hydrogens is 190 g/mol. The van der Waals surface area contributed by atoms with Crippen molar-refractivity contribution in [3.63, 3.8) is 0 Å². The Hall–Kier alpha value is -0.730. The van der Waals surface area contributed by atoms with Crippen LogP contribution >= 0.6 is 0 Å². The molecule has 0 bridgehead atoms. The van der Waals surface area contributed by atoms with E-state index in [9.17, 15) is 4.79 Å². The van der Waals surface area contributed by atoms with Gasteiger partial charge >= 0.3 is 6.09 Å². The average Bonchev–Trinajstić information content (AvgIpc) is 2.28. The third kappa shape index (κ3) is 2.27. The van der Waals surface area contributed by atoms with Crippen molar-refractivity contribution < 1.29 is 9.53 Å². The van der Waals surface area contributed by atoms with Crippen LogP contribution in [0.2, 0.25) is 0 Å². The van der Waals surface area contributed by atoms with Crippen molar-refractivity contribution in [3.8, 4) is 0 Å². The van der Waals surface area contributed by atoms with E-state index in [4.69, 9.17) is 4.74 Å². The number of likely N-dealkylation sites (tertiary alicyclic amines) is 1. The molecule has 1 aliphatic heterocycles. The molecule has 0 N–H and O–H groups in total. The topological polar surface area (TPSA) is 29.5 Å². The zero-order chi connectivity index (χ0) is 10.7. The van der Waals surface area contributed by atoms with Crippen molar-refractivity contribution in [3.05, 3.63) is 0 Å². The summed E-state index contributed by atoms with van der Waals surface area (Å²) in [7, 11) is 0. The van der Waals surface area contributed by atoms with Crippen LogP contribution in [0, 0.1) is 5.92 Å². The Morgan fingerprint density at radius 3 is 2.80 bits per heavy atom. The lowest BCUT2D eigenvalue weighted by atomic mass is 9.78. The zero-order valence-corrected chi connectivity index (χ0v) is 9.58. The average molecular weight is 211 g/mol. The standard InChI is InChI=1S/C12H21NO2/c1-2-15-12(14)13-9-5-7-10-6-3-4-8-11(10)13/h10-11H,2-9H2,1H3. The normalized spacial score (nSPS) is 30.9. The number of carbonyl (C=O) groups is 1. The summed E-state index contributed by atoms with van der Waals surface area (Å²) in [6.45, 7) is 3.27. The number of amides is 1. The number of fused-ring (bicyclic) bond motifs is 1. The first-order chi connectivity index (χ1) is 7.33. The van der Waals surface area contributed by atoms with Crippen LogP contribution in [0.5, 0.6) is 0 Å². The van der Waals surface area contributed by atoms with Gasteiger partial charge in [0.2, 0.25) is 0 Å². The molecule has 2 unspecified atom stereocenters. The number of ether oxygens (including phenoxy) is 1. The first-order valence-electron chi connectivity index (χ1n) is 6.26. The van der Waals surface area contributed by atoms with Crippen LogP contribution in [-0.2, 0) is 4.74 Å². The fraction of sp³-hybridized carbons (Fsp3) is 0.917. The van der Waals surface area contributed by atoms with Gasteiger partial charge < -0.3 is 9.64 Å². The largest absolute Gasteiger partial charge is 0.450 e. The molecule has 2 rings (SSSR count). The Morgan fingerprint density at radius 1 is 1.27 bits per heavy atom. The number of hydrogen-bond acceptors (Lipinski definition) is 2. The maximum atomic E-state index is 11.8. The van der Waals surface area contributed by atoms with E-state index >= 15 is 0 Å². The molecule has 0 aromatic carbocycles. The first-order valence-corrected chi connectivity index (χ1v) is 6.26. The SMILES string of the molecule is CCOC(=O)N1CCCC2CCCCC21. The molecule has 1 heterocycles. The molecule has 3 heteroatoms. The van der Waals surface area contributed by atoms with Gasteiger partial charge in [0.15, 0.2) is 0 Å². The molecule has 86 valence electrons. The van der Waals surface area contributed by atoms with Crippen molar-refractivity contribution >= 4 is 6.09 Å². The van der Waals surface area contributed by atoms with Crippen LogP contribution in [0.1, 0.15) is 45.4 Å². The van der Waals surface area contributed by atoms with Crippen LogP contribution in [0.15, 0.2) is 0 Å². The second-order valence-electron chi connectivity index (χ2n) is 4.65. The molecule has 0 aromatic heterocycles. The van der Waals surface area contributed by atoms with E-state index < -0.39 is 0 Å². The molecule has 3 nitrogen and oxygen atoms in total. The van der Waals surface area contributed by atoms with Gasteiger partial charge in [0.25, 0.3) is 0 Å². The summed E-state index contributed by atoms with van der Waals surface area (Å²) in [6, 6.07) is 0.478. The fourth-order valence-corrected chi connectivity index (χ4v) is 3.06. The third-order valence-electron chi connectivity index (χ3n) is 3.75. The van der Waals surface area contributed by atoms with Crippen molar-refractivity contribution in [1.82, 2.24) is 4.90 Å². The Bertz CT molecular complexity index is 228. The van der Waals surface area contributed by atoms with Crippen LogP contribution in [-0.4, -0.2) is 30.2 Å². The Morgan fingerprint density at radius 2 is 2.00 bits per heavy atom. The lowest BCUT2D eigenvalue weighted by molar-refractivity contribution is 0.0397. The summed E-state index contributed by atoms with van der Waals surface area (Å²) in [5.41, 5.74) is 0. The van der Waals surface area contributed by atoms with Gasteiger partial charge in [-0.05, 0) is 38.5 Å². The predicted molar refractivity (Wildman–Crippen MR) is 58.7 cm³/mol. The van der Waals surface area contributed by atoms with Gasteiger partial charge in [-0.2, -0.15) is 0 Å². The lowest BCUT2D eigenvalue weighted by Gasteiger charge is -2.43. The molecule has 2 atom stereocenters. The molecular formula is C12H21NO2. The van der Waals surface area contributed by atoms with E-state index in [-0.39, 0.29) is 6.09 Å². The van der Waals surface area contributed by atoms with Crippen LogP contribution in [0.25, 0.3) is 0 Å². The molecule has 1 saturated carbocycles. The molecule has 0 radical (unpaired) electrons. The van der Waals surface area contributed by atoms with Crippen molar-refractivity contribution in [2.45, 2.75) is 51.5 Å². The minimum Gasteiger partial charge on any atom is -0.450 e. The maximum absolute atomic E-state index is 11.8. The molecule has 1 aliphatic carbocycles. The highest BCUT2D eigenvalue weighted by molar-refractivity contribution is 5.68. The quantitative estimate of drug-likeness (QED) is 0.667. The van der Waals surface area contributed by atoms with Gasteiger partial charge in [0.1, 0.15) is 0 Å². The van der Waals surface area contributed by atoms with Crippen LogP contribution in [0.4, 0.5) is 4.79 Å². The van der Waals surface area contributed by atoms with Gasteiger partial charge in [-0.1, -0.05) is 12.8 Å². The van der Waals surface area contributed by atoms with E-state index in [0.29, 0.717) is 12.6 Å².